The molecule has 1 spiro atoms. The van der Waals surface area contributed by atoms with Crippen LogP contribution >= 0.6 is 0 Å². The molecular formula is C68H112O35. The summed E-state index contributed by atoms with van der Waals surface area (Å²) in [7, 11) is 0. The molecule has 4 saturated carbocycles. The van der Waals surface area contributed by atoms with Crippen LogP contribution in [0.4, 0.5) is 0 Å². The summed E-state index contributed by atoms with van der Waals surface area (Å²) in [5.74, 6) is 1.31. The summed E-state index contributed by atoms with van der Waals surface area (Å²) in [5, 5.41) is 214. The van der Waals surface area contributed by atoms with Gasteiger partial charge in [-0.1, -0.05) is 27.7 Å². The third kappa shape index (κ3) is 14.3. The molecule has 594 valence electrons. The predicted octanol–water partition coefficient (Wildman–Crippen LogP) is -6.74. The normalized spacial score (nSPS) is 58.3. The Morgan fingerprint density at radius 2 is 0.893 bits per heavy atom. The third-order valence-electron chi connectivity index (χ3n) is 26.3. The second-order valence-electron chi connectivity index (χ2n) is 32.3. The zero-order chi connectivity index (χ0) is 74.1. The number of aliphatic hydroxyl groups excluding tert-OH is 19. The second kappa shape index (κ2) is 31.3. The van der Waals surface area contributed by atoms with Gasteiger partial charge in [-0.15, -0.1) is 0 Å². The zero-order valence-corrected chi connectivity index (χ0v) is 58.8. The van der Waals surface area contributed by atoms with E-state index in [1.165, 1.54) is 20.8 Å². The number of hydrogen-bond donors (Lipinski definition) is 19. The highest BCUT2D eigenvalue weighted by atomic mass is 16.8. The average molecular weight is 1490 g/mol. The number of fused-ring (bicyclic) bond motifs is 7. The highest BCUT2D eigenvalue weighted by Gasteiger charge is 2.72. The van der Waals surface area contributed by atoms with Crippen molar-refractivity contribution in [3.63, 3.8) is 0 Å². The fraction of sp³-hybridized carbons (Fsp3) is 1.00. The Hall–Kier alpha value is -1.40. The number of ether oxygens (including phenoxy) is 16. The van der Waals surface area contributed by atoms with E-state index < -0.39 is 253 Å². The molecule has 13 rings (SSSR count). The Kier molecular flexibility index (Phi) is 24.2. The number of aliphatic hydroxyl groups is 19. The van der Waals surface area contributed by atoms with E-state index in [0.29, 0.717) is 37.7 Å². The maximum absolute atomic E-state index is 12.4. The monoisotopic (exact) mass is 1490 g/mol. The van der Waals surface area contributed by atoms with E-state index in [1.54, 1.807) is 0 Å². The molecule has 0 aromatic carbocycles. The van der Waals surface area contributed by atoms with Gasteiger partial charge in [0.05, 0.1) is 69.7 Å². The van der Waals surface area contributed by atoms with Crippen LogP contribution in [-0.2, 0) is 75.8 Å². The van der Waals surface area contributed by atoms with Crippen LogP contribution in [0.1, 0.15) is 106 Å². The summed E-state index contributed by atoms with van der Waals surface area (Å²) >= 11 is 0. The highest BCUT2D eigenvalue weighted by Crippen LogP contribution is 2.71. The standard InChI is InChI=1S/C68H112O35/c1-22-10-13-68(89-20-22)23(2)38-33(103-68)15-31-29-9-8-27-14-28(11-12-66(27,6)30(29)16-37(73)67(31,38)7)93-62-50(85)45(80)54(35(18-70)95-62)98-63-51(86)46(81)55(36(19-71)96-63)99-65-58(102-59-47(82)41(76)32(72)21-88-59)56(42(77)34(17-69)94-65)100-64-57(101-61-49(84)44(79)40(75)25(4)91-61)52(87)53(26(5)92-64)97-60-48(83)43(78)39(74)24(3)90-60/h22-65,69-87H,8-21H2,1-7H3/t22-,23+,24+,25+,26+,27+,28+,29?,30?,31?,32-,33?,34-,35-,36-,37-,38?,39+,40+,41+,42-,43-,44-,45-,46-,47-,48-,49-,50-,51-,52-,53+,54+,55-,56+,57-,58-,59+,60+,61+,62-,63+,64+,65+,66+,67-,68-/m1/s1. The lowest BCUT2D eigenvalue weighted by atomic mass is 9.43. The minimum absolute atomic E-state index is 0.0165. The molecule has 103 heavy (non-hydrogen) atoms. The Balaban J connectivity index is 0.686. The van der Waals surface area contributed by atoms with Crippen molar-refractivity contribution in [1.29, 1.82) is 0 Å². The lowest BCUT2D eigenvalue weighted by molar-refractivity contribution is -0.416. The van der Waals surface area contributed by atoms with Gasteiger partial charge in [0, 0.05) is 23.7 Å². The van der Waals surface area contributed by atoms with Gasteiger partial charge in [0.2, 0.25) is 0 Å². The molecule has 13 aliphatic rings. The van der Waals surface area contributed by atoms with Gasteiger partial charge in [0.1, 0.15) is 146 Å². The minimum atomic E-state index is -2.20. The van der Waals surface area contributed by atoms with Crippen molar-refractivity contribution in [3.05, 3.63) is 0 Å². The van der Waals surface area contributed by atoms with Crippen LogP contribution in [0.15, 0.2) is 0 Å². The van der Waals surface area contributed by atoms with Crippen LogP contribution in [-0.4, -0.2) is 363 Å². The van der Waals surface area contributed by atoms with Crippen molar-refractivity contribution in [2.75, 3.05) is 33.0 Å². The first-order valence-corrected chi connectivity index (χ1v) is 36.9. The number of rotatable bonds is 17. The second-order valence-corrected chi connectivity index (χ2v) is 32.3. The predicted molar refractivity (Wildman–Crippen MR) is 337 cm³/mol. The molecule has 4 aliphatic carbocycles. The number of hydrogen-bond acceptors (Lipinski definition) is 35. The molecule has 0 radical (unpaired) electrons. The summed E-state index contributed by atoms with van der Waals surface area (Å²) in [6.07, 6.45) is -56.1. The van der Waals surface area contributed by atoms with E-state index >= 15 is 0 Å². The fourth-order valence-corrected chi connectivity index (χ4v) is 20.1. The molecule has 9 aliphatic heterocycles. The molecular weight excluding hydrogens is 1380 g/mol. The van der Waals surface area contributed by atoms with E-state index in [4.69, 9.17) is 75.8 Å². The van der Waals surface area contributed by atoms with Gasteiger partial charge in [-0.3, -0.25) is 0 Å². The van der Waals surface area contributed by atoms with E-state index in [2.05, 4.69) is 27.7 Å². The van der Waals surface area contributed by atoms with E-state index in [0.717, 1.165) is 38.5 Å². The molecule has 13 fully saturated rings. The molecule has 47 atom stereocenters. The average Bonchev–Trinajstić information content (AvgIpc) is 1.55. The van der Waals surface area contributed by atoms with Gasteiger partial charge in [0.15, 0.2) is 49.8 Å². The van der Waals surface area contributed by atoms with Crippen molar-refractivity contribution < 1.29 is 173 Å². The van der Waals surface area contributed by atoms with Crippen LogP contribution in [0, 0.1) is 52.3 Å². The molecule has 35 heteroatoms. The van der Waals surface area contributed by atoms with Crippen LogP contribution in [0.5, 0.6) is 0 Å². The fourth-order valence-electron chi connectivity index (χ4n) is 20.1. The molecule has 35 nitrogen and oxygen atoms in total. The van der Waals surface area contributed by atoms with Crippen molar-refractivity contribution in [2.45, 2.75) is 339 Å². The van der Waals surface area contributed by atoms with E-state index in [1.807, 2.05) is 0 Å². The summed E-state index contributed by atoms with van der Waals surface area (Å²) in [6.45, 7) is 10.2. The SMILES string of the molecule is C[C@@H]1CC[C@@]2(OC1)OC1CC3C4CC[C@H]5C[C@@H](O[C@@H]6O[C@H](CO)[C@H](O[C@@H]7O[C@H](CO)[C@@H](O[C@@H]8O[C@H](CO)[C@@H](O)[C@H](O[C@@H]9O[C@@H](C)[C@H](O[C@@H]%10O[C@@H](C)[C@H](O)[C@@H](O)[C@H]%10O)[C@@H](O)[C@H]9O[C@@H]9O[C@@H](C)[C@H](O)[C@@H](O)[C@H]9O)[C@H]8O[C@@H]8OC[C@@H](O)[C@H](O)[C@H]8O)[C@H](O)[C@H]7O)[C@H](O)[C@H]6O)CC[C@]5(C)C4C[C@@H](O)[C@]3(C)C1[C@@H]2C. The molecule has 19 N–H and O–H groups in total. The van der Waals surface area contributed by atoms with Crippen LogP contribution in [0.2, 0.25) is 0 Å². The van der Waals surface area contributed by atoms with E-state index in [9.17, 15) is 97.0 Å². The van der Waals surface area contributed by atoms with Crippen LogP contribution in [0.25, 0.3) is 0 Å². The van der Waals surface area contributed by atoms with Gasteiger partial charge < -0.3 is 173 Å². The van der Waals surface area contributed by atoms with Crippen molar-refractivity contribution >= 4 is 0 Å². The largest absolute Gasteiger partial charge is 0.394 e. The Labute approximate surface area is 595 Å². The lowest BCUT2D eigenvalue weighted by Crippen LogP contribution is -2.69. The third-order valence-corrected chi connectivity index (χ3v) is 26.3. The van der Waals surface area contributed by atoms with Gasteiger partial charge in [0.25, 0.3) is 0 Å². The summed E-state index contributed by atoms with van der Waals surface area (Å²) in [4.78, 5) is 0. The Bertz CT molecular complexity index is 2780. The molecule has 5 unspecified atom stereocenters. The molecule has 0 amide bonds. The quantitative estimate of drug-likeness (QED) is 0.0602. The highest BCUT2D eigenvalue weighted by molar-refractivity contribution is 5.18. The van der Waals surface area contributed by atoms with E-state index in [-0.39, 0.29) is 46.5 Å². The Morgan fingerprint density at radius 3 is 1.49 bits per heavy atom. The molecule has 0 aromatic rings. The molecule has 9 saturated heterocycles. The Morgan fingerprint density at radius 1 is 0.388 bits per heavy atom. The summed E-state index contributed by atoms with van der Waals surface area (Å²) in [6, 6.07) is 0. The maximum atomic E-state index is 12.4. The van der Waals surface area contributed by atoms with Crippen molar-refractivity contribution in [2.24, 2.45) is 52.3 Å². The van der Waals surface area contributed by atoms with Crippen molar-refractivity contribution in [3.8, 4) is 0 Å². The minimum Gasteiger partial charge on any atom is -0.394 e. The van der Waals surface area contributed by atoms with Crippen LogP contribution < -0.4 is 0 Å². The lowest BCUT2D eigenvalue weighted by Gasteiger charge is -2.62. The smallest absolute Gasteiger partial charge is 0.187 e. The van der Waals surface area contributed by atoms with Gasteiger partial charge in [-0.2, -0.15) is 0 Å². The summed E-state index contributed by atoms with van der Waals surface area (Å²) < 4.78 is 98.5. The first kappa shape index (κ1) is 79.7. The van der Waals surface area contributed by atoms with Gasteiger partial charge in [-0.05, 0) is 107 Å². The molecule has 0 aromatic heterocycles. The molecule has 9 heterocycles. The maximum Gasteiger partial charge on any atom is 0.187 e. The van der Waals surface area contributed by atoms with Crippen LogP contribution in [0.3, 0.4) is 0 Å². The summed E-state index contributed by atoms with van der Waals surface area (Å²) in [5.41, 5.74) is -0.452. The van der Waals surface area contributed by atoms with Crippen molar-refractivity contribution in [1.82, 2.24) is 0 Å². The topological polar surface area (TPSA) is 532 Å². The van der Waals surface area contributed by atoms with Gasteiger partial charge >= 0.3 is 0 Å². The first-order valence-electron chi connectivity index (χ1n) is 36.9. The first-order chi connectivity index (χ1) is 48.8. The van der Waals surface area contributed by atoms with Gasteiger partial charge in [-0.25, -0.2) is 0 Å². The zero-order valence-electron chi connectivity index (χ0n) is 58.8. The molecule has 0 bridgehead atoms.